The fourth-order valence-corrected chi connectivity index (χ4v) is 3.03. The number of H-pyrrole nitrogens is 1. The van der Waals surface area contributed by atoms with Crippen molar-refractivity contribution in [2.45, 2.75) is 44.2 Å². The molecule has 7 heteroatoms. The zero-order valence-electron chi connectivity index (χ0n) is 13.0. The molecule has 7 nitrogen and oxygen atoms in total. The maximum atomic E-state index is 12.6. The summed E-state index contributed by atoms with van der Waals surface area (Å²) in [5, 5.41) is 9.70. The lowest BCUT2D eigenvalue weighted by molar-refractivity contribution is 0.0791. The summed E-state index contributed by atoms with van der Waals surface area (Å²) in [5.41, 5.74) is 2.50. The molecule has 3 heterocycles. The third-order valence-electron chi connectivity index (χ3n) is 4.46. The Hall–Kier alpha value is -2.28. The van der Waals surface area contributed by atoms with Crippen molar-refractivity contribution in [2.75, 3.05) is 6.61 Å². The molecule has 2 aromatic heterocycles. The Kier molecular flexibility index (Phi) is 3.57. The normalized spacial score (nSPS) is 23.9. The fraction of sp³-hybridized carbons (Fsp3) is 0.500. The quantitative estimate of drug-likeness (QED) is 0.895. The average molecular weight is 313 g/mol. The predicted molar refractivity (Wildman–Crippen MR) is 81.9 cm³/mol. The number of carbonyl (C=O) groups is 1. The van der Waals surface area contributed by atoms with E-state index in [1.807, 2.05) is 19.1 Å². The molecule has 0 radical (unpaired) electrons. The minimum Gasteiger partial charge on any atom is -0.368 e. The number of aryl methyl sites for hydroxylation is 1. The van der Waals surface area contributed by atoms with Crippen LogP contribution in [0.1, 0.15) is 58.9 Å². The molecule has 2 aromatic rings. The fourth-order valence-electron chi connectivity index (χ4n) is 3.03. The van der Waals surface area contributed by atoms with Crippen molar-refractivity contribution in [2.24, 2.45) is 0 Å². The van der Waals surface area contributed by atoms with Crippen LogP contribution in [-0.4, -0.2) is 38.7 Å². The Balaban J connectivity index is 1.49. The number of nitrogens with zero attached hydrogens (tertiary/aromatic N) is 3. The van der Waals surface area contributed by atoms with Crippen molar-refractivity contribution in [3.05, 3.63) is 41.2 Å². The number of aromatic amines is 1. The van der Waals surface area contributed by atoms with Crippen LogP contribution in [0.25, 0.3) is 0 Å². The molecule has 1 aliphatic heterocycles. The lowest BCUT2D eigenvalue weighted by atomic mass is 10.1. The highest BCUT2D eigenvalue weighted by Crippen LogP contribution is 2.39. The molecule has 0 unspecified atom stereocenters. The first kappa shape index (κ1) is 14.3. The Labute approximate surface area is 133 Å². The van der Waals surface area contributed by atoms with Gasteiger partial charge in [-0.3, -0.25) is 14.9 Å². The number of hydrogen-bond acceptors (Lipinski definition) is 5. The number of hydrogen-bond donors (Lipinski definition) is 2. The molecule has 2 atom stereocenters. The van der Waals surface area contributed by atoms with Gasteiger partial charge in [-0.15, -0.1) is 0 Å². The first-order valence-electron chi connectivity index (χ1n) is 7.97. The minimum atomic E-state index is -0.277. The first-order chi connectivity index (χ1) is 11.2. The summed E-state index contributed by atoms with van der Waals surface area (Å²) in [7, 11) is 0. The molecule has 1 amide bonds. The van der Waals surface area contributed by atoms with E-state index in [1.54, 1.807) is 0 Å². The van der Waals surface area contributed by atoms with Crippen molar-refractivity contribution in [1.29, 1.82) is 0 Å². The van der Waals surface area contributed by atoms with Crippen molar-refractivity contribution in [1.82, 2.24) is 25.5 Å². The topological polar surface area (TPSA) is 92.8 Å². The third-order valence-corrected chi connectivity index (χ3v) is 4.46. The largest absolute Gasteiger partial charge is 0.368 e. The number of carbonyl (C=O) groups excluding carboxylic acids is 1. The summed E-state index contributed by atoms with van der Waals surface area (Å²) in [6, 6.07) is 3.74. The highest BCUT2D eigenvalue weighted by Gasteiger charge is 2.33. The van der Waals surface area contributed by atoms with E-state index in [-0.39, 0.29) is 18.1 Å². The van der Waals surface area contributed by atoms with Crippen molar-refractivity contribution < 1.29 is 9.53 Å². The summed E-state index contributed by atoms with van der Waals surface area (Å²) in [5.74, 6) is 1.12. The van der Waals surface area contributed by atoms with Gasteiger partial charge in [0.2, 0.25) is 0 Å². The molecule has 0 aromatic carbocycles. The molecule has 0 bridgehead atoms. The van der Waals surface area contributed by atoms with E-state index >= 15 is 0 Å². The van der Waals surface area contributed by atoms with Gasteiger partial charge in [-0.2, -0.15) is 5.10 Å². The van der Waals surface area contributed by atoms with Crippen LogP contribution in [0.15, 0.2) is 18.5 Å². The Morgan fingerprint density at radius 1 is 1.35 bits per heavy atom. The van der Waals surface area contributed by atoms with E-state index in [1.165, 1.54) is 19.2 Å². The molecule has 2 fully saturated rings. The van der Waals surface area contributed by atoms with Gasteiger partial charge >= 0.3 is 0 Å². The van der Waals surface area contributed by atoms with E-state index in [2.05, 4.69) is 25.5 Å². The summed E-state index contributed by atoms with van der Waals surface area (Å²) in [6.07, 6.45) is 4.33. The molecule has 1 saturated carbocycles. The number of rotatable bonds is 4. The van der Waals surface area contributed by atoms with Gasteiger partial charge in [0.25, 0.3) is 5.91 Å². The second kappa shape index (κ2) is 5.73. The van der Waals surface area contributed by atoms with Crippen LogP contribution in [0.3, 0.4) is 0 Å². The average Bonchev–Trinajstić information content (AvgIpc) is 3.05. The van der Waals surface area contributed by atoms with E-state index in [0.29, 0.717) is 23.9 Å². The van der Waals surface area contributed by atoms with Gasteiger partial charge in [0.05, 0.1) is 17.3 Å². The second-order valence-corrected chi connectivity index (χ2v) is 6.17. The van der Waals surface area contributed by atoms with E-state index in [9.17, 15) is 4.79 Å². The molecule has 2 aliphatic rings. The maximum absolute atomic E-state index is 12.6. The molecule has 1 aliphatic carbocycles. The van der Waals surface area contributed by atoms with Gasteiger partial charge < -0.3 is 10.1 Å². The number of amides is 1. The van der Waals surface area contributed by atoms with Gasteiger partial charge in [-0.25, -0.2) is 4.98 Å². The van der Waals surface area contributed by atoms with Crippen LogP contribution < -0.4 is 5.32 Å². The summed E-state index contributed by atoms with van der Waals surface area (Å²) in [4.78, 5) is 21.3. The van der Waals surface area contributed by atoms with Gasteiger partial charge in [-0.05, 0) is 38.3 Å². The molecule has 23 heavy (non-hydrogen) atoms. The van der Waals surface area contributed by atoms with E-state index < -0.39 is 0 Å². The van der Waals surface area contributed by atoms with E-state index in [4.69, 9.17) is 4.74 Å². The van der Waals surface area contributed by atoms with Crippen LogP contribution in [0.2, 0.25) is 0 Å². The van der Waals surface area contributed by atoms with Gasteiger partial charge in [0.1, 0.15) is 12.4 Å². The lowest BCUT2D eigenvalue weighted by Gasteiger charge is -2.18. The summed E-state index contributed by atoms with van der Waals surface area (Å²) >= 11 is 0. The predicted octanol–water partition coefficient (Wildman–Crippen LogP) is 1.65. The standard InChI is InChI=1S/C16H19N5O2/c1-9-11(4-5-12(19-9)10-2-3-10)16(22)20-13-6-7-23-14(13)15-17-8-18-21-15/h4-5,8,10,13-14H,2-3,6-7H2,1H3,(H,20,22)(H,17,18,21)/t13-,14+/m0/s1. The zero-order chi connectivity index (χ0) is 15.8. The Morgan fingerprint density at radius 3 is 2.91 bits per heavy atom. The molecular formula is C16H19N5O2. The van der Waals surface area contributed by atoms with Crippen LogP contribution in [0.4, 0.5) is 0 Å². The molecule has 4 rings (SSSR count). The molecule has 1 saturated heterocycles. The number of nitrogens with one attached hydrogen (secondary N) is 2. The smallest absolute Gasteiger partial charge is 0.253 e. The van der Waals surface area contributed by atoms with Crippen LogP contribution in [0.5, 0.6) is 0 Å². The molecular weight excluding hydrogens is 294 g/mol. The second-order valence-electron chi connectivity index (χ2n) is 6.17. The van der Waals surface area contributed by atoms with Crippen LogP contribution in [0, 0.1) is 6.92 Å². The van der Waals surface area contributed by atoms with Gasteiger partial charge in [0, 0.05) is 18.2 Å². The minimum absolute atomic E-state index is 0.113. The van der Waals surface area contributed by atoms with Crippen molar-refractivity contribution >= 4 is 5.91 Å². The zero-order valence-corrected chi connectivity index (χ0v) is 13.0. The number of pyridine rings is 1. The Morgan fingerprint density at radius 2 is 2.22 bits per heavy atom. The SMILES string of the molecule is Cc1nc(C2CC2)ccc1C(=O)N[C@H]1CCO[C@H]1c1ncn[nH]1. The third kappa shape index (κ3) is 2.84. The van der Waals surface area contributed by atoms with Gasteiger partial charge in [-0.1, -0.05) is 0 Å². The first-order valence-corrected chi connectivity index (χ1v) is 7.97. The molecule has 0 spiro atoms. The van der Waals surface area contributed by atoms with Gasteiger partial charge in [0.15, 0.2) is 5.82 Å². The highest BCUT2D eigenvalue weighted by atomic mass is 16.5. The summed E-state index contributed by atoms with van der Waals surface area (Å²) in [6.45, 7) is 2.48. The monoisotopic (exact) mass is 313 g/mol. The highest BCUT2D eigenvalue weighted by molar-refractivity contribution is 5.95. The van der Waals surface area contributed by atoms with Crippen molar-refractivity contribution in [3.63, 3.8) is 0 Å². The molecule has 120 valence electrons. The number of aromatic nitrogens is 4. The number of ether oxygens (including phenoxy) is 1. The van der Waals surface area contributed by atoms with E-state index in [0.717, 1.165) is 17.8 Å². The maximum Gasteiger partial charge on any atom is 0.253 e. The van der Waals surface area contributed by atoms with Crippen LogP contribution >= 0.6 is 0 Å². The summed E-state index contributed by atoms with van der Waals surface area (Å²) < 4.78 is 5.67. The Bertz CT molecular complexity index is 711. The lowest BCUT2D eigenvalue weighted by Crippen LogP contribution is -2.37. The van der Waals surface area contributed by atoms with Crippen molar-refractivity contribution in [3.8, 4) is 0 Å². The van der Waals surface area contributed by atoms with Crippen LogP contribution in [-0.2, 0) is 4.74 Å². The molecule has 2 N–H and O–H groups in total.